The highest BCUT2D eigenvalue weighted by atomic mass is 16.5. The highest BCUT2D eigenvalue weighted by molar-refractivity contribution is 5.95. The van der Waals surface area contributed by atoms with Gasteiger partial charge in [0.25, 0.3) is 0 Å². The van der Waals surface area contributed by atoms with E-state index in [2.05, 4.69) is 10.1 Å². The van der Waals surface area contributed by atoms with Gasteiger partial charge in [0.15, 0.2) is 0 Å². The van der Waals surface area contributed by atoms with Crippen LogP contribution in [-0.2, 0) is 9.53 Å². The molecule has 0 radical (unpaired) electrons. The molecular formula is C10H12N2O3. The lowest BCUT2D eigenvalue weighted by Gasteiger charge is -2.04. The van der Waals surface area contributed by atoms with Crippen molar-refractivity contribution in [3.63, 3.8) is 0 Å². The zero-order valence-electron chi connectivity index (χ0n) is 8.32. The number of hydrogen-bond donors (Lipinski definition) is 2. The summed E-state index contributed by atoms with van der Waals surface area (Å²) in [4.78, 5) is 22.1. The molecule has 5 heteroatoms. The van der Waals surface area contributed by atoms with E-state index < -0.39 is 5.97 Å². The van der Waals surface area contributed by atoms with Gasteiger partial charge in [0, 0.05) is 5.69 Å². The van der Waals surface area contributed by atoms with Gasteiger partial charge in [-0.2, -0.15) is 0 Å². The summed E-state index contributed by atoms with van der Waals surface area (Å²) in [5.74, 6) is -0.754. The van der Waals surface area contributed by atoms with Crippen molar-refractivity contribution >= 4 is 17.6 Å². The highest BCUT2D eigenvalue weighted by Crippen LogP contribution is 2.11. The summed E-state index contributed by atoms with van der Waals surface area (Å²) >= 11 is 0. The van der Waals surface area contributed by atoms with Crippen LogP contribution in [0.2, 0.25) is 0 Å². The van der Waals surface area contributed by atoms with E-state index in [0.717, 1.165) is 0 Å². The van der Waals surface area contributed by atoms with Crippen LogP contribution in [-0.4, -0.2) is 25.5 Å². The molecule has 1 aromatic carbocycles. The lowest BCUT2D eigenvalue weighted by atomic mass is 10.2. The second-order valence-corrected chi connectivity index (χ2v) is 2.82. The van der Waals surface area contributed by atoms with Gasteiger partial charge in [0.1, 0.15) is 0 Å². The molecule has 80 valence electrons. The number of esters is 1. The number of rotatable bonds is 3. The van der Waals surface area contributed by atoms with E-state index in [1.165, 1.54) is 13.2 Å². The van der Waals surface area contributed by atoms with Crippen molar-refractivity contribution in [3.8, 4) is 0 Å². The summed E-state index contributed by atoms with van der Waals surface area (Å²) < 4.78 is 4.55. The van der Waals surface area contributed by atoms with Gasteiger partial charge in [-0.3, -0.25) is 4.79 Å². The predicted octanol–water partition coefficient (Wildman–Crippen LogP) is 0.370. The molecule has 0 aliphatic carbocycles. The molecule has 0 fully saturated rings. The molecule has 0 aliphatic rings. The van der Waals surface area contributed by atoms with Crippen molar-refractivity contribution in [3.05, 3.63) is 29.8 Å². The molecule has 15 heavy (non-hydrogen) atoms. The van der Waals surface area contributed by atoms with Crippen LogP contribution >= 0.6 is 0 Å². The minimum atomic E-state index is -0.446. The second-order valence-electron chi connectivity index (χ2n) is 2.82. The number of anilines is 1. The fourth-order valence-corrected chi connectivity index (χ4v) is 1.05. The number of ether oxygens (including phenoxy) is 1. The maximum atomic E-state index is 11.2. The molecule has 1 rings (SSSR count). The van der Waals surface area contributed by atoms with Gasteiger partial charge in [-0.15, -0.1) is 0 Å². The molecule has 0 spiro atoms. The zero-order valence-corrected chi connectivity index (χ0v) is 8.32. The van der Waals surface area contributed by atoms with Crippen molar-refractivity contribution in [2.45, 2.75) is 0 Å². The van der Waals surface area contributed by atoms with Gasteiger partial charge in [0.2, 0.25) is 5.91 Å². The first-order valence-corrected chi connectivity index (χ1v) is 4.35. The van der Waals surface area contributed by atoms with Gasteiger partial charge in [-0.05, 0) is 18.2 Å². The number of benzene rings is 1. The summed E-state index contributed by atoms with van der Waals surface area (Å²) in [5.41, 5.74) is 6.04. The van der Waals surface area contributed by atoms with Gasteiger partial charge >= 0.3 is 5.97 Å². The molecule has 1 amide bonds. The first-order chi connectivity index (χ1) is 7.17. The topological polar surface area (TPSA) is 81.4 Å². The van der Waals surface area contributed by atoms with E-state index in [1.54, 1.807) is 18.2 Å². The molecule has 0 heterocycles. The van der Waals surface area contributed by atoms with Crippen LogP contribution in [0.25, 0.3) is 0 Å². The molecular weight excluding hydrogens is 196 g/mol. The van der Waals surface area contributed by atoms with Gasteiger partial charge in [-0.1, -0.05) is 6.07 Å². The standard InChI is InChI=1S/C10H12N2O3/c1-15-10(14)7-3-2-4-8(5-7)12-9(13)6-11/h2-5H,6,11H2,1H3,(H,12,13). The van der Waals surface area contributed by atoms with E-state index in [-0.39, 0.29) is 12.5 Å². The van der Waals surface area contributed by atoms with Crippen LogP contribution in [0.15, 0.2) is 24.3 Å². The summed E-state index contributed by atoms with van der Waals surface area (Å²) in [6.45, 7) is -0.0948. The maximum absolute atomic E-state index is 11.2. The quantitative estimate of drug-likeness (QED) is 0.703. The number of hydrogen-bond acceptors (Lipinski definition) is 4. The van der Waals surface area contributed by atoms with Gasteiger partial charge in [-0.25, -0.2) is 4.79 Å². The van der Waals surface area contributed by atoms with E-state index >= 15 is 0 Å². The smallest absolute Gasteiger partial charge is 0.337 e. The zero-order chi connectivity index (χ0) is 11.3. The summed E-state index contributed by atoms with van der Waals surface area (Å²) in [7, 11) is 1.30. The molecule has 0 aromatic heterocycles. The molecule has 0 saturated carbocycles. The number of carbonyl (C=O) groups is 2. The summed E-state index contributed by atoms with van der Waals surface area (Å²) in [5, 5.41) is 2.54. The fraction of sp³-hybridized carbons (Fsp3) is 0.200. The van der Waals surface area contributed by atoms with Crippen molar-refractivity contribution in [2.75, 3.05) is 19.0 Å². The van der Waals surface area contributed by atoms with Crippen molar-refractivity contribution in [1.29, 1.82) is 0 Å². The van der Waals surface area contributed by atoms with Crippen LogP contribution in [0.3, 0.4) is 0 Å². The van der Waals surface area contributed by atoms with Crippen LogP contribution in [0, 0.1) is 0 Å². The average Bonchev–Trinajstić information content (AvgIpc) is 2.28. The third-order valence-corrected chi connectivity index (χ3v) is 1.75. The second kappa shape index (κ2) is 5.11. The summed E-state index contributed by atoms with van der Waals surface area (Å²) in [6.07, 6.45) is 0. The lowest BCUT2D eigenvalue weighted by molar-refractivity contribution is -0.114. The van der Waals surface area contributed by atoms with Crippen molar-refractivity contribution < 1.29 is 14.3 Å². The number of nitrogens with two attached hydrogens (primary N) is 1. The Morgan fingerprint density at radius 3 is 2.80 bits per heavy atom. The van der Waals surface area contributed by atoms with Crippen LogP contribution in [0.4, 0.5) is 5.69 Å². The van der Waals surface area contributed by atoms with E-state index in [1.807, 2.05) is 0 Å². The highest BCUT2D eigenvalue weighted by Gasteiger charge is 2.06. The van der Waals surface area contributed by atoms with Crippen LogP contribution in [0.1, 0.15) is 10.4 Å². The third-order valence-electron chi connectivity index (χ3n) is 1.75. The van der Waals surface area contributed by atoms with Crippen LogP contribution in [0.5, 0.6) is 0 Å². The third kappa shape index (κ3) is 3.07. The first-order valence-electron chi connectivity index (χ1n) is 4.35. The normalized spacial score (nSPS) is 9.47. The monoisotopic (exact) mass is 208 g/mol. The molecule has 1 aromatic rings. The number of methoxy groups -OCH3 is 1. The lowest BCUT2D eigenvalue weighted by Crippen LogP contribution is -2.21. The Balaban J connectivity index is 2.83. The molecule has 5 nitrogen and oxygen atoms in total. The molecule has 3 N–H and O–H groups in total. The predicted molar refractivity (Wildman–Crippen MR) is 55.5 cm³/mol. The Morgan fingerprint density at radius 1 is 1.47 bits per heavy atom. The minimum absolute atomic E-state index is 0.0948. The average molecular weight is 208 g/mol. The van der Waals surface area contributed by atoms with Crippen molar-refractivity contribution in [2.24, 2.45) is 5.73 Å². The largest absolute Gasteiger partial charge is 0.465 e. The van der Waals surface area contributed by atoms with Gasteiger partial charge < -0.3 is 15.8 Å². The molecule has 0 unspecified atom stereocenters. The Hall–Kier alpha value is -1.88. The fourth-order valence-electron chi connectivity index (χ4n) is 1.05. The minimum Gasteiger partial charge on any atom is -0.465 e. The molecule has 0 saturated heterocycles. The number of carbonyl (C=O) groups excluding carboxylic acids is 2. The Kier molecular flexibility index (Phi) is 3.82. The van der Waals surface area contributed by atoms with Crippen LogP contribution < -0.4 is 11.1 Å². The van der Waals surface area contributed by atoms with E-state index in [0.29, 0.717) is 11.3 Å². The van der Waals surface area contributed by atoms with Crippen molar-refractivity contribution in [1.82, 2.24) is 0 Å². The molecule has 0 bridgehead atoms. The number of amides is 1. The Labute approximate surface area is 87.2 Å². The molecule has 0 atom stereocenters. The molecule has 0 aliphatic heterocycles. The summed E-state index contributed by atoms with van der Waals surface area (Å²) in [6, 6.07) is 6.45. The SMILES string of the molecule is COC(=O)c1cccc(NC(=O)CN)c1. The van der Waals surface area contributed by atoms with Gasteiger partial charge in [0.05, 0.1) is 19.2 Å². The maximum Gasteiger partial charge on any atom is 0.337 e. The van der Waals surface area contributed by atoms with E-state index in [4.69, 9.17) is 5.73 Å². The Bertz CT molecular complexity index is 377. The Morgan fingerprint density at radius 2 is 2.20 bits per heavy atom. The first kappa shape index (κ1) is 11.2. The van der Waals surface area contributed by atoms with E-state index in [9.17, 15) is 9.59 Å². The number of nitrogens with one attached hydrogen (secondary N) is 1.